The zero-order valence-corrected chi connectivity index (χ0v) is 24.1. The summed E-state index contributed by atoms with van der Waals surface area (Å²) in [7, 11) is 0. The van der Waals surface area contributed by atoms with Gasteiger partial charge in [-0.15, -0.1) is 0 Å². The highest BCUT2D eigenvalue weighted by Gasteiger charge is 2.50. The number of fused-ring (bicyclic) bond motifs is 2. The second-order valence-corrected chi connectivity index (χ2v) is 11.5. The second kappa shape index (κ2) is 14.7. The van der Waals surface area contributed by atoms with Gasteiger partial charge in [0, 0.05) is 23.5 Å². The third-order valence-corrected chi connectivity index (χ3v) is 7.91. The van der Waals surface area contributed by atoms with Crippen molar-refractivity contribution < 1.29 is 9.59 Å². The van der Waals surface area contributed by atoms with Crippen LogP contribution in [0.1, 0.15) is 80.6 Å². The van der Waals surface area contributed by atoms with Crippen LogP contribution in [0.25, 0.3) is 0 Å². The number of hydrogen-bond donors (Lipinski definition) is 1. The topological polar surface area (TPSA) is 49.4 Å². The molecule has 0 spiro atoms. The Kier molecular flexibility index (Phi) is 13.2. The number of carbonyl (C=O) groups is 2. The molecular formula is C29H47BrN2O2. The van der Waals surface area contributed by atoms with Crippen molar-refractivity contribution in [2.75, 3.05) is 13.1 Å². The Morgan fingerprint density at radius 3 is 2.18 bits per heavy atom. The Morgan fingerprint density at radius 1 is 1.21 bits per heavy atom. The van der Waals surface area contributed by atoms with Gasteiger partial charge in [-0.2, -0.15) is 0 Å². The van der Waals surface area contributed by atoms with E-state index in [0.29, 0.717) is 11.8 Å². The molecule has 4 rings (SSSR count). The van der Waals surface area contributed by atoms with E-state index in [4.69, 9.17) is 0 Å². The van der Waals surface area contributed by atoms with Gasteiger partial charge in [0.2, 0.25) is 12.3 Å². The SMILES string of the molecule is C/C=C(C)/C(Br)=C\C=C/CCC.C=C(C)C(C)(C)NC(=O)C1C2CC1CN(C=O)C2.CC1CC1. The molecule has 5 heteroatoms. The molecule has 0 aromatic heterocycles. The molecule has 2 saturated heterocycles. The molecular weight excluding hydrogens is 488 g/mol. The van der Waals surface area contributed by atoms with Crippen LogP contribution >= 0.6 is 15.9 Å². The fourth-order valence-corrected chi connectivity index (χ4v) is 4.17. The Balaban J connectivity index is 0.000000310. The molecule has 0 radical (unpaired) electrons. The predicted octanol–water partition coefficient (Wildman–Crippen LogP) is 7.19. The number of allylic oxidation sites excluding steroid dienone is 6. The van der Waals surface area contributed by atoms with E-state index in [1.165, 1.54) is 24.8 Å². The van der Waals surface area contributed by atoms with E-state index >= 15 is 0 Å². The first-order chi connectivity index (χ1) is 16.0. The quantitative estimate of drug-likeness (QED) is 0.203. The molecule has 2 aliphatic carbocycles. The maximum absolute atomic E-state index is 12.3. The minimum absolute atomic E-state index is 0.0832. The Morgan fingerprint density at radius 2 is 1.76 bits per heavy atom. The molecule has 2 amide bonds. The van der Waals surface area contributed by atoms with Gasteiger partial charge in [-0.05, 0) is 76.9 Å². The molecule has 2 unspecified atom stereocenters. The first-order valence-electron chi connectivity index (χ1n) is 12.8. The first kappa shape index (κ1) is 30.4. The van der Waals surface area contributed by atoms with Crippen LogP contribution in [0, 0.1) is 23.7 Å². The Hall–Kier alpha value is -1.62. The maximum Gasteiger partial charge on any atom is 0.224 e. The monoisotopic (exact) mass is 534 g/mol. The summed E-state index contributed by atoms with van der Waals surface area (Å²) in [6.07, 6.45) is 15.8. The maximum atomic E-state index is 12.3. The number of rotatable bonds is 8. The number of piperidine rings is 2. The zero-order chi connectivity index (χ0) is 25.9. The van der Waals surface area contributed by atoms with E-state index in [1.54, 1.807) is 4.90 Å². The highest BCUT2D eigenvalue weighted by molar-refractivity contribution is 9.12. The third-order valence-electron chi connectivity index (χ3n) is 7.02. The van der Waals surface area contributed by atoms with Crippen LogP contribution in [-0.2, 0) is 9.59 Å². The van der Waals surface area contributed by atoms with Crippen LogP contribution in [0.2, 0.25) is 0 Å². The largest absolute Gasteiger partial charge is 0.347 e. The van der Waals surface area contributed by atoms with Crippen molar-refractivity contribution >= 4 is 28.2 Å². The number of carbonyl (C=O) groups excluding carboxylic acids is 2. The average molecular weight is 536 g/mol. The highest BCUT2D eigenvalue weighted by atomic mass is 79.9. The Bertz CT molecular complexity index is 765. The van der Waals surface area contributed by atoms with Crippen molar-refractivity contribution in [3.63, 3.8) is 0 Å². The van der Waals surface area contributed by atoms with Crippen molar-refractivity contribution in [3.8, 4) is 0 Å². The molecule has 0 aromatic carbocycles. The molecule has 4 aliphatic rings. The van der Waals surface area contributed by atoms with Gasteiger partial charge >= 0.3 is 0 Å². The van der Waals surface area contributed by atoms with E-state index in [0.717, 1.165) is 48.3 Å². The number of nitrogens with one attached hydrogen (secondary N) is 1. The van der Waals surface area contributed by atoms with Crippen molar-refractivity contribution in [3.05, 3.63) is 46.5 Å². The van der Waals surface area contributed by atoms with Gasteiger partial charge in [0.25, 0.3) is 0 Å². The molecule has 4 nitrogen and oxygen atoms in total. The van der Waals surface area contributed by atoms with Gasteiger partial charge < -0.3 is 10.2 Å². The van der Waals surface area contributed by atoms with Crippen LogP contribution in [0.5, 0.6) is 0 Å². The summed E-state index contributed by atoms with van der Waals surface area (Å²) in [6.45, 7) is 19.8. The van der Waals surface area contributed by atoms with Crippen LogP contribution in [0.3, 0.4) is 0 Å². The lowest BCUT2D eigenvalue weighted by atomic mass is 9.61. The number of halogens is 1. The summed E-state index contributed by atoms with van der Waals surface area (Å²) in [4.78, 5) is 24.8. The first-order valence-corrected chi connectivity index (χ1v) is 13.6. The van der Waals surface area contributed by atoms with E-state index in [9.17, 15) is 9.59 Å². The molecule has 1 N–H and O–H groups in total. The molecule has 2 aliphatic heterocycles. The molecule has 4 fully saturated rings. The van der Waals surface area contributed by atoms with Gasteiger partial charge in [0.15, 0.2) is 0 Å². The number of amides is 2. The van der Waals surface area contributed by atoms with Crippen LogP contribution in [-0.4, -0.2) is 35.8 Å². The average Bonchev–Trinajstić information content (AvgIpc) is 3.58. The molecule has 2 heterocycles. The summed E-state index contributed by atoms with van der Waals surface area (Å²) in [6, 6.07) is 0. The lowest BCUT2D eigenvalue weighted by Crippen LogP contribution is -2.61. The molecule has 2 bridgehead atoms. The molecule has 34 heavy (non-hydrogen) atoms. The van der Waals surface area contributed by atoms with Crippen molar-refractivity contribution in [1.82, 2.24) is 10.2 Å². The summed E-state index contributed by atoms with van der Waals surface area (Å²) < 4.78 is 1.16. The predicted molar refractivity (Wildman–Crippen MR) is 149 cm³/mol. The lowest BCUT2D eigenvalue weighted by Gasteiger charge is -2.52. The minimum Gasteiger partial charge on any atom is -0.347 e. The van der Waals surface area contributed by atoms with Crippen LogP contribution in [0.15, 0.2) is 46.5 Å². The van der Waals surface area contributed by atoms with Gasteiger partial charge in [-0.3, -0.25) is 9.59 Å². The standard InChI is InChI=1S/C14H22N2O2.C11H17Br.C4H8/c1-9(2)14(3,4)15-13(18)12-10-5-11(12)7-16(6-10)8-17;1-4-6-7-8-9-11(12)10(3)5-2;1-4-2-3-4/h8,10-12H,1,5-7H2,2-4H3,(H,15,18);5,7-9H,4,6H2,1-3H3;4H,2-3H2,1H3/b;8-7-,10-5+,11-9+;. The van der Waals surface area contributed by atoms with E-state index < -0.39 is 0 Å². The van der Waals surface area contributed by atoms with Gasteiger partial charge in [-0.25, -0.2) is 0 Å². The van der Waals surface area contributed by atoms with E-state index in [1.807, 2.05) is 27.7 Å². The summed E-state index contributed by atoms with van der Waals surface area (Å²) in [5.41, 5.74) is 1.87. The smallest absolute Gasteiger partial charge is 0.224 e. The van der Waals surface area contributed by atoms with Crippen molar-refractivity contribution in [1.29, 1.82) is 0 Å². The fraction of sp³-hybridized carbons (Fsp3) is 0.655. The van der Waals surface area contributed by atoms with Gasteiger partial charge in [0.05, 0.1) is 5.54 Å². The number of nitrogens with zero attached hydrogens (tertiary/aromatic N) is 1. The van der Waals surface area contributed by atoms with Crippen molar-refractivity contribution in [2.45, 2.75) is 86.1 Å². The highest BCUT2D eigenvalue weighted by Crippen LogP contribution is 2.45. The van der Waals surface area contributed by atoms with Crippen LogP contribution in [0.4, 0.5) is 0 Å². The summed E-state index contributed by atoms with van der Waals surface area (Å²) >= 11 is 3.50. The number of unbranched alkanes of at least 4 members (excludes halogenated alkanes) is 1. The lowest BCUT2D eigenvalue weighted by molar-refractivity contribution is -0.147. The van der Waals surface area contributed by atoms with Gasteiger partial charge in [-0.1, -0.05) is 79.4 Å². The van der Waals surface area contributed by atoms with Gasteiger partial charge in [0.1, 0.15) is 0 Å². The molecule has 2 saturated carbocycles. The molecule has 0 aromatic rings. The normalized spacial score (nSPS) is 24.2. The fourth-order valence-electron chi connectivity index (χ4n) is 3.79. The van der Waals surface area contributed by atoms with E-state index in [-0.39, 0.29) is 17.4 Å². The summed E-state index contributed by atoms with van der Waals surface area (Å²) in [5.74, 6) is 1.97. The molecule has 192 valence electrons. The van der Waals surface area contributed by atoms with Crippen molar-refractivity contribution in [2.24, 2.45) is 23.7 Å². The van der Waals surface area contributed by atoms with Crippen LogP contribution < -0.4 is 5.32 Å². The minimum atomic E-state index is -0.356. The Labute approximate surface area is 217 Å². The van der Waals surface area contributed by atoms with E-state index in [2.05, 4.69) is 72.9 Å². The molecule has 2 atom stereocenters. The second-order valence-electron chi connectivity index (χ2n) is 10.6. The summed E-state index contributed by atoms with van der Waals surface area (Å²) in [5, 5.41) is 3.07. The zero-order valence-electron chi connectivity index (χ0n) is 22.5. The third kappa shape index (κ3) is 10.3. The number of hydrogen-bond acceptors (Lipinski definition) is 2.